The second-order valence-electron chi connectivity index (χ2n) is 7.38. The number of carbonyl (C=O) groups is 4. The van der Waals surface area contributed by atoms with Crippen LogP contribution in [0.5, 0.6) is 5.75 Å². The molecule has 1 saturated heterocycles. The van der Waals surface area contributed by atoms with Gasteiger partial charge in [0.15, 0.2) is 0 Å². The number of nitrogens with one attached hydrogen (secondary N) is 2. The van der Waals surface area contributed by atoms with Gasteiger partial charge in [-0.3, -0.25) is 14.4 Å². The summed E-state index contributed by atoms with van der Waals surface area (Å²) in [5.74, 6) is -2.87. The molecule has 29 heavy (non-hydrogen) atoms. The fraction of sp³-hybridized carbons (Fsp3) is 0.500. The minimum Gasteiger partial charge on any atom is -0.548 e. The maximum atomic E-state index is 12.7. The second kappa shape index (κ2) is 9.40. The van der Waals surface area contributed by atoms with Crippen LogP contribution in [0, 0.1) is 11.8 Å². The highest BCUT2D eigenvalue weighted by molar-refractivity contribution is 6.01. The fourth-order valence-corrected chi connectivity index (χ4v) is 3.06. The van der Waals surface area contributed by atoms with Crippen LogP contribution >= 0.6 is 0 Å². The van der Waals surface area contributed by atoms with Gasteiger partial charge in [0.25, 0.3) is 0 Å². The van der Waals surface area contributed by atoms with Crippen LogP contribution in [0.25, 0.3) is 0 Å². The molecule has 0 radical (unpaired) electrons. The summed E-state index contributed by atoms with van der Waals surface area (Å²) in [7, 11) is 1.55. The molecule has 1 fully saturated rings. The van der Waals surface area contributed by atoms with E-state index in [0.29, 0.717) is 11.4 Å². The molecule has 1 aliphatic rings. The summed E-state index contributed by atoms with van der Waals surface area (Å²) in [6.07, 6.45) is 0.0275. The highest BCUT2D eigenvalue weighted by atomic mass is 16.5. The van der Waals surface area contributed by atoms with Gasteiger partial charge < -0.3 is 30.2 Å². The van der Waals surface area contributed by atoms with Crippen LogP contribution in [0.1, 0.15) is 27.2 Å². The Labute approximate surface area is 169 Å². The Morgan fingerprint density at radius 1 is 1.14 bits per heavy atom. The molecule has 0 saturated carbocycles. The number of amides is 3. The van der Waals surface area contributed by atoms with Crippen molar-refractivity contribution < 1.29 is 29.0 Å². The lowest BCUT2D eigenvalue weighted by molar-refractivity contribution is -0.307. The van der Waals surface area contributed by atoms with E-state index < -0.39 is 35.8 Å². The van der Waals surface area contributed by atoms with Gasteiger partial charge in [0.2, 0.25) is 17.7 Å². The average Bonchev–Trinajstić information content (AvgIpc) is 3.07. The number of carboxylic acid groups (broad SMARTS) is 1. The molecule has 1 heterocycles. The zero-order chi connectivity index (χ0) is 21.7. The topological polar surface area (TPSA) is 128 Å². The molecule has 0 aliphatic carbocycles. The summed E-state index contributed by atoms with van der Waals surface area (Å²) >= 11 is 0. The van der Waals surface area contributed by atoms with Crippen LogP contribution in [0.15, 0.2) is 24.3 Å². The Kier molecular flexibility index (Phi) is 7.19. The van der Waals surface area contributed by atoms with Crippen molar-refractivity contribution in [3.63, 3.8) is 0 Å². The summed E-state index contributed by atoms with van der Waals surface area (Å²) in [4.78, 5) is 49.8. The molecule has 0 bridgehead atoms. The third-order valence-corrected chi connectivity index (χ3v) is 4.84. The highest BCUT2D eigenvalue weighted by Gasteiger charge is 2.37. The summed E-state index contributed by atoms with van der Waals surface area (Å²) in [6.45, 7) is 4.95. The molecule has 1 aliphatic heterocycles. The van der Waals surface area contributed by atoms with Gasteiger partial charge in [0.1, 0.15) is 11.8 Å². The van der Waals surface area contributed by atoms with Gasteiger partial charge in [-0.25, -0.2) is 0 Å². The molecular weight excluding hydrogens is 378 g/mol. The zero-order valence-electron chi connectivity index (χ0n) is 16.9. The molecular formula is C20H26N3O6-. The normalized spacial score (nSPS) is 18.3. The van der Waals surface area contributed by atoms with Gasteiger partial charge >= 0.3 is 0 Å². The number of ether oxygens (including phenoxy) is 1. The molecule has 9 heteroatoms. The third-order valence-electron chi connectivity index (χ3n) is 4.84. The number of carbonyl (C=O) groups excluding carboxylic acids is 4. The first-order valence-electron chi connectivity index (χ1n) is 9.40. The molecule has 1 aromatic rings. The van der Waals surface area contributed by atoms with E-state index in [9.17, 15) is 24.3 Å². The molecule has 1 aromatic carbocycles. The number of carboxylic acids is 1. The monoisotopic (exact) mass is 404 g/mol. The Morgan fingerprint density at radius 2 is 1.76 bits per heavy atom. The van der Waals surface area contributed by atoms with Crippen LogP contribution < -0.4 is 25.4 Å². The van der Waals surface area contributed by atoms with Crippen molar-refractivity contribution >= 4 is 29.4 Å². The largest absolute Gasteiger partial charge is 0.548 e. The number of nitrogens with zero attached hydrogens (tertiary/aromatic N) is 1. The molecule has 2 N–H and O–H groups in total. The lowest BCUT2D eigenvalue weighted by atomic mass is 10.0. The summed E-state index contributed by atoms with van der Waals surface area (Å²) in [5, 5.41) is 15.8. The van der Waals surface area contributed by atoms with Crippen molar-refractivity contribution in [2.45, 2.75) is 39.3 Å². The second-order valence-corrected chi connectivity index (χ2v) is 7.38. The van der Waals surface area contributed by atoms with E-state index in [1.807, 2.05) is 0 Å². The number of anilines is 1. The predicted molar refractivity (Wildman–Crippen MR) is 103 cm³/mol. The highest BCUT2D eigenvalue weighted by Crippen LogP contribution is 2.27. The van der Waals surface area contributed by atoms with Crippen molar-refractivity contribution in [2.75, 3.05) is 18.6 Å². The van der Waals surface area contributed by atoms with Crippen molar-refractivity contribution in [3.05, 3.63) is 24.3 Å². The molecule has 2 rings (SSSR count). The Morgan fingerprint density at radius 3 is 2.28 bits per heavy atom. The minimum atomic E-state index is -1.41. The first-order chi connectivity index (χ1) is 13.6. The van der Waals surface area contributed by atoms with Crippen molar-refractivity contribution in [3.8, 4) is 5.75 Å². The van der Waals surface area contributed by atoms with E-state index in [2.05, 4.69) is 10.6 Å². The van der Waals surface area contributed by atoms with Gasteiger partial charge in [0, 0.05) is 18.7 Å². The average molecular weight is 404 g/mol. The zero-order valence-corrected chi connectivity index (χ0v) is 16.9. The first-order valence-corrected chi connectivity index (χ1v) is 9.40. The summed E-state index contributed by atoms with van der Waals surface area (Å²) in [6, 6.07) is 4.83. The van der Waals surface area contributed by atoms with Crippen molar-refractivity contribution in [2.24, 2.45) is 11.8 Å². The van der Waals surface area contributed by atoms with Gasteiger partial charge in [-0.15, -0.1) is 0 Å². The minimum absolute atomic E-state index is 0.0275. The van der Waals surface area contributed by atoms with E-state index >= 15 is 0 Å². The maximum Gasteiger partial charge on any atom is 0.243 e. The molecule has 158 valence electrons. The van der Waals surface area contributed by atoms with E-state index in [0.717, 1.165) is 0 Å². The number of hydrogen-bond acceptors (Lipinski definition) is 6. The van der Waals surface area contributed by atoms with Gasteiger partial charge in [-0.05, 0) is 37.1 Å². The van der Waals surface area contributed by atoms with E-state index in [4.69, 9.17) is 4.74 Å². The quantitative estimate of drug-likeness (QED) is 0.598. The molecule has 0 aromatic heterocycles. The summed E-state index contributed by atoms with van der Waals surface area (Å²) < 4.78 is 5.10. The van der Waals surface area contributed by atoms with Gasteiger partial charge in [-0.2, -0.15) is 0 Å². The molecule has 0 unspecified atom stereocenters. The Balaban J connectivity index is 2.03. The van der Waals surface area contributed by atoms with E-state index in [1.165, 1.54) is 11.8 Å². The predicted octanol–water partition coefficient (Wildman–Crippen LogP) is -0.556. The smallest absolute Gasteiger partial charge is 0.243 e. The van der Waals surface area contributed by atoms with Crippen LogP contribution in [-0.4, -0.2) is 49.4 Å². The van der Waals surface area contributed by atoms with Crippen molar-refractivity contribution in [1.82, 2.24) is 10.6 Å². The Hall–Kier alpha value is -3.10. The van der Waals surface area contributed by atoms with Gasteiger partial charge in [0.05, 0.1) is 25.0 Å². The molecule has 3 atom stereocenters. The number of rotatable bonds is 8. The van der Waals surface area contributed by atoms with E-state index in [1.54, 1.807) is 45.2 Å². The molecule has 0 spiro atoms. The third kappa shape index (κ3) is 5.46. The number of methoxy groups -OCH3 is 1. The van der Waals surface area contributed by atoms with E-state index in [-0.39, 0.29) is 24.8 Å². The standard InChI is InChI=1S/C20H27N3O6/c1-11(2)17(19(26)21-12(3)20(27)28)22-18(25)13-9-16(24)23(10-13)14-5-7-15(29-4)8-6-14/h5-8,11-13,17H,9-10H2,1-4H3,(H,21,26)(H,22,25)(H,27,28)/p-1/t12-,13-,17-/m0/s1. The first kappa shape index (κ1) is 22.2. The molecule has 9 nitrogen and oxygen atoms in total. The SMILES string of the molecule is COc1ccc(N2C[C@@H](C(=O)N[C@H](C(=O)N[C@@H](C)C(=O)[O-])C(C)C)CC2=O)cc1. The lowest BCUT2D eigenvalue weighted by Crippen LogP contribution is -2.55. The Bertz CT molecular complexity index is 777. The van der Waals surface area contributed by atoms with Crippen LogP contribution in [-0.2, 0) is 19.2 Å². The molecule has 3 amide bonds. The van der Waals surface area contributed by atoms with Crippen LogP contribution in [0.4, 0.5) is 5.69 Å². The maximum absolute atomic E-state index is 12.7. The lowest BCUT2D eigenvalue weighted by Gasteiger charge is -2.25. The number of aliphatic carboxylic acids is 1. The summed E-state index contributed by atoms with van der Waals surface area (Å²) in [5.41, 5.74) is 0.659. The number of hydrogen-bond donors (Lipinski definition) is 2. The number of benzene rings is 1. The van der Waals surface area contributed by atoms with Crippen LogP contribution in [0.3, 0.4) is 0 Å². The fourth-order valence-electron chi connectivity index (χ4n) is 3.06. The van der Waals surface area contributed by atoms with Gasteiger partial charge in [-0.1, -0.05) is 13.8 Å². The van der Waals surface area contributed by atoms with Crippen LogP contribution in [0.2, 0.25) is 0 Å². The van der Waals surface area contributed by atoms with Crippen molar-refractivity contribution in [1.29, 1.82) is 0 Å².